The molecule has 1 aromatic heterocycles. The van der Waals surface area contributed by atoms with Gasteiger partial charge in [0.15, 0.2) is 0 Å². The topological polar surface area (TPSA) is 62.7 Å². The number of aliphatic hydroxyl groups is 1. The van der Waals surface area contributed by atoms with Gasteiger partial charge in [0, 0.05) is 24.1 Å². The summed E-state index contributed by atoms with van der Waals surface area (Å²) in [6, 6.07) is 17.7. The molecule has 2 bridgehead atoms. The molecule has 5 saturated carbocycles. The predicted molar refractivity (Wildman–Crippen MR) is 169 cm³/mol. The maximum Gasteiger partial charge on any atom is 0.230 e. The Hall–Kier alpha value is -2.70. The highest BCUT2D eigenvalue weighted by Crippen LogP contribution is 2.58. The lowest BCUT2D eigenvalue weighted by atomic mass is 9.51. The molecule has 0 atom stereocenters. The van der Waals surface area contributed by atoms with Crippen LogP contribution >= 0.6 is 11.5 Å². The first kappa shape index (κ1) is 28.1. The van der Waals surface area contributed by atoms with E-state index in [0.29, 0.717) is 5.92 Å². The number of amides is 1. The van der Waals surface area contributed by atoms with Crippen LogP contribution in [0.4, 0.5) is 5.69 Å². The Morgan fingerprint density at radius 2 is 1.71 bits per heavy atom. The zero-order valence-electron chi connectivity index (χ0n) is 25.1. The fourth-order valence-corrected chi connectivity index (χ4v) is 8.95. The van der Waals surface area contributed by atoms with Crippen molar-refractivity contribution in [1.82, 2.24) is 4.37 Å². The van der Waals surface area contributed by atoms with Crippen molar-refractivity contribution in [2.24, 2.45) is 11.3 Å². The molecule has 42 heavy (non-hydrogen) atoms. The van der Waals surface area contributed by atoms with Crippen molar-refractivity contribution in [3.8, 4) is 16.2 Å². The van der Waals surface area contributed by atoms with E-state index in [1.54, 1.807) is 18.6 Å². The summed E-state index contributed by atoms with van der Waals surface area (Å²) in [7, 11) is 1.75. The number of hydrogen-bond donors (Lipinski definition) is 1. The van der Waals surface area contributed by atoms with Crippen LogP contribution in [0.25, 0.3) is 10.4 Å². The summed E-state index contributed by atoms with van der Waals surface area (Å²) in [5.41, 5.74) is 6.50. The smallest absolute Gasteiger partial charge is 0.230 e. The summed E-state index contributed by atoms with van der Waals surface area (Å²) in [6.45, 7) is 2.94. The molecular formula is C36H44N2O3S. The average Bonchev–Trinajstić information content (AvgIpc) is 3.76. The number of rotatable bonds is 8. The zero-order valence-corrected chi connectivity index (χ0v) is 25.9. The van der Waals surface area contributed by atoms with Gasteiger partial charge in [-0.15, -0.1) is 0 Å². The number of nitrogens with zero attached hydrogens (tertiary/aromatic N) is 2. The number of hydrogen-bond acceptors (Lipinski definition) is 5. The van der Waals surface area contributed by atoms with Crippen molar-refractivity contribution < 1.29 is 14.6 Å². The predicted octanol–water partition coefficient (Wildman–Crippen LogP) is 8.18. The molecule has 2 aromatic carbocycles. The van der Waals surface area contributed by atoms with Gasteiger partial charge >= 0.3 is 0 Å². The van der Waals surface area contributed by atoms with Gasteiger partial charge in [-0.3, -0.25) is 4.79 Å². The molecule has 8 rings (SSSR count). The lowest BCUT2D eigenvalue weighted by Crippen LogP contribution is -2.51. The molecule has 1 amide bonds. The summed E-state index contributed by atoms with van der Waals surface area (Å²) in [4.78, 5) is 17.7. The third-order valence-corrected chi connectivity index (χ3v) is 12.0. The van der Waals surface area contributed by atoms with Crippen LogP contribution in [0.3, 0.4) is 0 Å². The van der Waals surface area contributed by atoms with Crippen LogP contribution in [0.5, 0.6) is 5.75 Å². The molecule has 0 spiro atoms. The highest BCUT2D eigenvalue weighted by Gasteiger charge is 2.50. The van der Waals surface area contributed by atoms with E-state index in [2.05, 4.69) is 60.4 Å². The van der Waals surface area contributed by atoms with Crippen molar-refractivity contribution in [3.05, 3.63) is 65.4 Å². The minimum Gasteiger partial charge on any atom is -0.496 e. The first-order valence-corrected chi connectivity index (χ1v) is 16.9. The van der Waals surface area contributed by atoms with Gasteiger partial charge in [-0.25, -0.2) is 0 Å². The number of aliphatic hydroxyl groups excluding tert-OH is 1. The number of ether oxygens (including phenoxy) is 1. The second-order valence-corrected chi connectivity index (χ2v) is 14.6. The fraction of sp³-hybridized carbons (Fsp3) is 0.556. The molecular weight excluding hydrogens is 540 g/mol. The largest absolute Gasteiger partial charge is 0.496 e. The lowest BCUT2D eigenvalue weighted by Gasteiger charge is -2.55. The molecule has 3 aromatic rings. The first-order valence-electron chi connectivity index (χ1n) is 16.1. The molecule has 1 N–H and O–H groups in total. The highest BCUT2D eigenvalue weighted by atomic mass is 32.1. The van der Waals surface area contributed by atoms with E-state index in [0.717, 1.165) is 68.5 Å². The zero-order chi connectivity index (χ0) is 28.9. The van der Waals surface area contributed by atoms with Crippen molar-refractivity contribution in [2.45, 2.75) is 101 Å². The number of methoxy groups -OCH3 is 1. The monoisotopic (exact) mass is 584 g/mol. The van der Waals surface area contributed by atoms with Crippen LogP contribution in [-0.2, 0) is 10.2 Å². The van der Waals surface area contributed by atoms with Crippen molar-refractivity contribution in [2.75, 3.05) is 18.6 Å². The van der Waals surface area contributed by atoms with Crippen LogP contribution in [-0.4, -0.2) is 35.1 Å². The molecule has 0 saturated heterocycles. The molecule has 222 valence electrons. The number of fused-ring (bicyclic) bond motifs is 3. The van der Waals surface area contributed by atoms with Gasteiger partial charge in [0.05, 0.1) is 23.8 Å². The van der Waals surface area contributed by atoms with E-state index in [-0.39, 0.29) is 28.8 Å². The van der Waals surface area contributed by atoms with Gasteiger partial charge in [0.25, 0.3) is 0 Å². The van der Waals surface area contributed by atoms with Gasteiger partial charge in [-0.1, -0.05) is 24.3 Å². The fourth-order valence-electron chi connectivity index (χ4n) is 8.14. The van der Waals surface area contributed by atoms with E-state index in [9.17, 15) is 9.90 Å². The minimum absolute atomic E-state index is 0.00752. The first-order chi connectivity index (χ1) is 20.4. The van der Waals surface area contributed by atoms with Gasteiger partial charge in [-0.05, 0) is 147 Å². The highest BCUT2D eigenvalue weighted by molar-refractivity contribution is 7.09. The number of carbonyl (C=O) groups excluding carboxylic acids is 1. The van der Waals surface area contributed by atoms with Gasteiger partial charge in [0.1, 0.15) is 5.75 Å². The molecule has 5 nitrogen and oxygen atoms in total. The van der Waals surface area contributed by atoms with E-state index in [1.165, 1.54) is 53.8 Å². The molecule has 5 aliphatic rings. The van der Waals surface area contributed by atoms with E-state index >= 15 is 0 Å². The van der Waals surface area contributed by atoms with Crippen LogP contribution < -0.4 is 9.64 Å². The number of aryl methyl sites for hydroxylation is 1. The molecule has 5 aliphatic carbocycles. The average molecular weight is 585 g/mol. The summed E-state index contributed by atoms with van der Waals surface area (Å²) in [6.07, 6.45) is 12.3. The van der Waals surface area contributed by atoms with Crippen LogP contribution in [0.15, 0.2) is 48.5 Å². The van der Waals surface area contributed by atoms with Crippen LogP contribution in [0.2, 0.25) is 0 Å². The molecule has 0 radical (unpaired) electrons. The standard InChI is InChI=1S/C36H44N2O3S/c1-24-20-28(10-13-32(24)41-2)36-17-14-35(15-18-36,16-19-36)23-38(34(40)26-8-11-30(39)12-9-26)29-5-3-4-27(21-29)33-22-31(37-42-33)25-6-7-25/h3-5,10,13,20-22,25-26,30,39H,6-9,11-12,14-19,23H2,1-2H3. The van der Waals surface area contributed by atoms with Gasteiger partial charge in [-0.2, -0.15) is 4.37 Å². The third kappa shape index (κ3) is 5.30. The summed E-state index contributed by atoms with van der Waals surface area (Å²) in [5, 5.41) is 10.1. The second kappa shape index (κ2) is 11.1. The van der Waals surface area contributed by atoms with Crippen LogP contribution in [0.1, 0.15) is 99.8 Å². The lowest BCUT2D eigenvalue weighted by molar-refractivity contribution is -0.124. The molecule has 0 unspecified atom stereocenters. The van der Waals surface area contributed by atoms with Crippen LogP contribution in [0, 0.1) is 18.3 Å². The summed E-state index contributed by atoms with van der Waals surface area (Å²) < 4.78 is 10.3. The summed E-state index contributed by atoms with van der Waals surface area (Å²) in [5.74, 6) is 1.85. The van der Waals surface area contributed by atoms with Gasteiger partial charge < -0.3 is 14.7 Å². The SMILES string of the molecule is COc1ccc(C23CCC(CN(C(=O)C4CCC(O)CC4)c4cccc(-c5cc(C6CC6)ns5)c4)(CC2)CC3)cc1C. The van der Waals surface area contributed by atoms with Crippen molar-refractivity contribution in [1.29, 1.82) is 0 Å². The minimum atomic E-state index is -0.261. The van der Waals surface area contributed by atoms with E-state index < -0.39 is 0 Å². The molecule has 6 heteroatoms. The number of anilines is 1. The summed E-state index contributed by atoms with van der Waals surface area (Å²) >= 11 is 1.59. The Bertz CT molecular complexity index is 1430. The molecule has 0 aliphatic heterocycles. The molecule has 5 fully saturated rings. The Morgan fingerprint density at radius 3 is 2.38 bits per heavy atom. The van der Waals surface area contributed by atoms with Crippen molar-refractivity contribution >= 4 is 23.1 Å². The quantitative estimate of drug-likeness (QED) is 0.290. The maximum absolute atomic E-state index is 14.3. The Morgan fingerprint density at radius 1 is 0.976 bits per heavy atom. The Kier molecular flexibility index (Phi) is 7.42. The second-order valence-electron chi connectivity index (χ2n) is 13.8. The normalized spacial score (nSPS) is 28.9. The Labute approximate surface area is 254 Å². The number of aromatic nitrogens is 1. The number of benzene rings is 2. The van der Waals surface area contributed by atoms with E-state index in [1.807, 2.05) is 0 Å². The molecule has 1 heterocycles. The third-order valence-electron chi connectivity index (χ3n) is 11.2. The van der Waals surface area contributed by atoms with E-state index in [4.69, 9.17) is 9.11 Å². The van der Waals surface area contributed by atoms with Crippen molar-refractivity contribution in [3.63, 3.8) is 0 Å². The Balaban J connectivity index is 1.15. The maximum atomic E-state index is 14.3. The van der Waals surface area contributed by atoms with Gasteiger partial charge in [0.2, 0.25) is 5.91 Å². The number of carbonyl (C=O) groups is 1.